The van der Waals surface area contributed by atoms with Gasteiger partial charge >= 0.3 is 0 Å². The van der Waals surface area contributed by atoms with Gasteiger partial charge in [-0.05, 0) is 29.5 Å². The largest absolute Gasteiger partial charge is 0.203 e. The summed E-state index contributed by atoms with van der Waals surface area (Å²) in [6.07, 6.45) is 0. The Morgan fingerprint density at radius 1 is 1.15 bits per heavy atom. The average Bonchev–Trinajstić information content (AvgIpc) is 2.59. The van der Waals surface area contributed by atoms with E-state index in [4.69, 9.17) is 0 Å². The van der Waals surface area contributed by atoms with Crippen molar-refractivity contribution in [2.45, 2.75) is 6.92 Å². The van der Waals surface area contributed by atoms with Gasteiger partial charge in [0, 0.05) is 5.56 Å². The summed E-state index contributed by atoms with van der Waals surface area (Å²) in [6, 6.07) is 0. The van der Waals surface area contributed by atoms with E-state index in [2.05, 4.69) is 8.75 Å². The predicted molar refractivity (Wildman–Crippen MR) is 54.8 cm³/mol. The Labute approximate surface area is 90.4 Å². The van der Waals surface area contributed by atoms with E-state index in [9.17, 15) is 8.78 Å². The highest BCUT2D eigenvalue weighted by Gasteiger charge is 2.18. The van der Waals surface area contributed by atoms with Gasteiger partial charge in [0.15, 0.2) is 11.6 Å². The van der Waals surface area contributed by atoms with Crippen LogP contribution in [0.5, 0.6) is 0 Å². The number of fused-ring (bicyclic) bond motifs is 1. The van der Waals surface area contributed by atoms with Crippen molar-refractivity contribution in [2.75, 3.05) is 0 Å². The molecule has 0 saturated heterocycles. The van der Waals surface area contributed by atoms with E-state index in [1.54, 1.807) is 22.6 Å². The maximum Gasteiger partial charge on any atom is 0.174 e. The van der Waals surface area contributed by atoms with Gasteiger partial charge in [-0.1, -0.05) is 0 Å². The van der Waals surface area contributed by atoms with Gasteiger partial charge in [0.1, 0.15) is 11.0 Å². The summed E-state index contributed by atoms with van der Waals surface area (Å²) in [5, 5.41) is 0. The average molecular weight is 312 g/mol. The molecule has 2 rings (SSSR count). The molecular weight excluding hydrogens is 309 g/mol. The summed E-state index contributed by atoms with van der Waals surface area (Å²) in [7, 11) is 0. The van der Waals surface area contributed by atoms with Gasteiger partial charge in [-0.25, -0.2) is 8.78 Å². The van der Waals surface area contributed by atoms with Crippen LogP contribution in [0, 0.1) is 22.1 Å². The van der Waals surface area contributed by atoms with Gasteiger partial charge in [-0.2, -0.15) is 8.75 Å². The Hall–Kier alpha value is -0.370. The van der Waals surface area contributed by atoms with Gasteiger partial charge < -0.3 is 0 Å². The molecule has 6 heteroatoms. The summed E-state index contributed by atoms with van der Waals surface area (Å²) in [5.41, 5.74) is 1.12. The summed E-state index contributed by atoms with van der Waals surface area (Å²) in [6.45, 7) is 1.50. The Kier molecular flexibility index (Phi) is 2.18. The van der Waals surface area contributed by atoms with Crippen molar-refractivity contribution in [1.29, 1.82) is 0 Å². The second-order valence-corrected chi connectivity index (χ2v) is 4.14. The summed E-state index contributed by atoms with van der Waals surface area (Å²) in [5.74, 6) is -1.66. The highest BCUT2D eigenvalue weighted by Crippen LogP contribution is 2.27. The minimum Gasteiger partial charge on any atom is -0.203 e. The quantitative estimate of drug-likeness (QED) is 0.552. The van der Waals surface area contributed by atoms with Crippen molar-refractivity contribution in [1.82, 2.24) is 8.75 Å². The van der Waals surface area contributed by atoms with Crippen LogP contribution in [-0.4, -0.2) is 8.75 Å². The van der Waals surface area contributed by atoms with Crippen LogP contribution in [0.15, 0.2) is 0 Å². The number of hydrogen-bond acceptors (Lipinski definition) is 3. The maximum atomic E-state index is 13.2. The van der Waals surface area contributed by atoms with Gasteiger partial charge in [0.25, 0.3) is 0 Å². The van der Waals surface area contributed by atoms with Gasteiger partial charge in [0.05, 0.1) is 15.3 Å². The van der Waals surface area contributed by atoms with Crippen LogP contribution in [0.3, 0.4) is 0 Å². The van der Waals surface area contributed by atoms with E-state index in [0.29, 0.717) is 11.0 Å². The number of halogens is 3. The first-order chi connectivity index (χ1) is 6.13. The van der Waals surface area contributed by atoms with Crippen molar-refractivity contribution in [2.24, 2.45) is 0 Å². The van der Waals surface area contributed by atoms with Gasteiger partial charge in [-0.15, -0.1) is 0 Å². The fraction of sp³-hybridized carbons (Fsp3) is 0.143. The van der Waals surface area contributed by atoms with E-state index >= 15 is 0 Å². The van der Waals surface area contributed by atoms with Crippen molar-refractivity contribution in [3.05, 3.63) is 20.8 Å². The highest BCUT2D eigenvalue weighted by atomic mass is 127. The third kappa shape index (κ3) is 1.23. The molecule has 1 heterocycles. The molecule has 68 valence electrons. The number of rotatable bonds is 0. The standard InChI is InChI=1S/C7H3F2IN2S/c1-2-3(8)4(9)5(10)7-6(2)11-13-12-7/h1H3. The second-order valence-electron chi connectivity index (χ2n) is 2.53. The summed E-state index contributed by atoms with van der Waals surface area (Å²) < 4.78 is 34.3. The molecule has 2 aromatic rings. The van der Waals surface area contributed by atoms with Crippen LogP contribution in [0.1, 0.15) is 5.56 Å². The molecular formula is C7H3F2IN2S. The molecule has 0 N–H and O–H groups in total. The number of nitrogens with zero attached hydrogens (tertiary/aromatic N) is 2. The van der Waals surface area contributed by atoms with Crippen molar-refractivity contribution in [3.8, 4) is 0 Å². The maximum absolute atomic E-state index is 13.2. The lowest BCUT2D eigenvalue weighted by atomic mass is 10.2. The van der Waals surface area contributed by atoms with Gasteiger partial charge in [-0.3, -0.25) is 0 Å². The molecule has 2 nitrogen and oxygen atoms in total. The molecule has 0 atom stereocenters. The number of hydrogen-bond donors (Lipinski definition) is 0. The number of aryl methyl sites for hydroxylation is 1. The summed E-state index contributed by atoms with van der Waals surface area (Å²) in [4.78, 5) is 0. The van der Waals surface area contributed by atoms with Crippen LogP contribution in [0.4, 0.5) is 8.78 Å². The molecule has 0 fully saturated rings. The molecule has 0 aliphatic heterocycles. The Balaban J connectivity index is 3.02. The van der Waals surface area contributed by atoms with Crippen LogP contribution in [-0.2, 0) is 0 Å². The normalized spacial score (nSPS) is 11.1. The van der Waals surface area contributed by atoms with Crippen molar-refractivity contribution >= 4 is 45.4 Å². The molecule has 0 saturated carbocycles. The molecule has 0 amide bonds. The molecule has 13 heavy (non-hydrogen) atoms. The molecule has 0 radical (unpaired) electrons. The van der Waals surface area contributed by atoms with E-state index in [-0.39, 0.29) is 9.13 Å². The predicted octanol–water partition coefficient (Wildman–Crippen LogP) is 2.88. The lowest BCUT2D eigenvalue weighted by molar-refractivity contribution is 0.501. The Bertz CT molecular complexity index is 441. The number of aromatic nitrogens is 2. The minimum atomic E-state index is -0.835. The summed E-state index contributed by atoms with van der Waals surface area (Å²) >= 11 is 2.69. The molecule has 0 aliphatic carbocycles. The zero-order valence-corrected chi connectivity index (χ0v) is 9.41. The lowest BCUT2D eigenvalue weighted by Gasteiger charge is -2.00. The van der Waals surface area contributed by atoms with E-state index in [0.717, 1.165) is 11.7 Å². The van der Waals surface area contributed by atoms with E-state index in [1.165, 1.54) is 6.92 Å². The first kappa shape index (κ1) is 9.20. The molecule has 0 bridgehead atoms. The van der Waals surface area contributed by atoms with Crippen LogP contribution in [0.25, 0.3) is 11.0 Å². The zero-order chi connectivity index (χ0) is 9.59. The number of benzene rings is 1. The van der Waals surface area contributed by atoms with E-state index in [1.807, 2.05) is 0 Å². The van der Waals surface area contributed by atoms with Crippen LogP contribution in [0.2, 0.25) is 0 Å². The third-order valence-electron chi connectivity index (χ3n) is 1.77. The first-order valence-electron chi connectivity index (χ1n) is 3.38. The molecule has 0 unspecified atom stereocenters. The molecule has 1 aromatic carbocycles. The van der Waals surface area contributed by atoms with Crippen LogP contribution >= 0.6 is 34.3 Å². The smallest absolute Gasteiger partial charge is 0.174 e. The highest BCUT2D eigenvalue weighted by molar-refractivity contribution is 14.1. The van der Waals surface area contributed by atoms with E-state index < -0.39 is 11.6 Å². The first-order valence-corrected chi connectivity index (χ1v) is 5.19. The van der Waals surface area contributed by atoms with Crippen molar-refractivity contribution in [3.63, 3.8) is 0 Å². The Morgan fingerprint density at radius 3 is 2.46 bits per heavy atom. The fourth-order valence-electron chi connectivity index (χ4n) is 1.05. The lowest BCUT2D eigenvalue weighted by Crippen LogP contribution is -1.95. The molecule has 1 aromatic heterocycles. The van der Waals surface area contributed by atoms with Gasteiger partial charge in [0.2, 0.25) is 0 Å². The van der Waals surface area contributed by atoms with Crippen LogP contribution < -0.4 is 0 Å². The Morgan fingerprint density at radius 2 is 1.77 bits per heavy atom. The van der Waals surface area contributed by atoms with Crippen molar-refractivity contribution < 1.29 is 8.78 Å². The minimum absolute atomic E-state index is 0.199. The monoisotopic (exact) mass is 312 g/mol. The molecule has 0 aliphatic rings. The topological polar surface area (TPSA) is 25.8 Å². The second kappa shape index (κ2) is 3.09. The SMILES string of the molecule is Cc1c(F)c(F)c(I)c2nsnc12. The third-order valence-corrected chi connectivity index (χ3v) is 3.28. The zero-order valence-electron chi connectivity index (χ0n) is 6.44. The molecule has 0 spiro atoms. The fourth-order valence-corrected chi connectivity index (χ4v) is 2.43.